The van der Waals surface area contributed by atoms with E-state index in [-0.39, 0.29) is 6.61 Å². The van der Waals surface area contributed by atoms with E-state index in [4.69, 9.17) is 9.52 Å². The summed E-state index contributed by atoms with van der Waals surface area (Å²) in [4.78, 5) is 8.18. The van der Waals surface area contributed by atoms with Gasteiger partial charge >= 0.3 is 0 Å². The zero-order valence-corrected chi connectivity index (χ0v) is 7.77. The summed E-state index contributed by atoms with van der Waals surface area (Å²) < 4.78 is 5.24. The number of furan rings is 1. The van der Waals surface area contributed by atoms with E-state index in [2.05, 4.69) is 9.97 Å². The Morgan fingerprint density at radius 3 is 2.57 bits per heavy atom. The maximum absolute atomic E-state index is 8.81. The second kappa shape index (κ2) is 3.59. The van der Waals surface area contributed by atoms with E-state index < -0.39 is 0 Å². The second-order valence-electron chi connectivity index (χ2n) is 3.01. The number of rotatable bonds is 2. The number of nitrogens with zero attached hydrogens (tertiary/aromatic N) is 2. The molecule has 72 valence electrons. The minimum atomic E-state index is -0.0442. The van der Waals surface area contributed by atoms with Crippen LogP contribution in [0.5, 0.6) is 0 Å². The molecule has 0 saturated heterocycles. The van der Waals surface area contributed by atoms with Gasteiger partial charge in [0.15, 0.2) is 11.6 Å². The molecular formula is C10H10N2O2. The predicted molar refractivity (Wildman–Crippen MR) is 50.4 cm³/mol. The first-order valence-electron chi connectivity index (χ1n) is 4.27. The van der Waals surface area contributed by atoms with Crippen molar-refractivity contribution >= 4 is 0 Å². The van der Waals surface area contributed by atoms with Crippen molar-refractivity contribution in [3.05, 3.63) is 35.9 Å². The molecule has 2 aromatic rings. The zero-order chi connectivity index (χ0) is 9.97. The lowest BCUT2D eigenvalue weighted by Crippen LogP contribution is -1.92. The predicted octanol–water partition coefficient (Wildman–Crippen LogP) is 1.54. The molecule has 0 fully saturated rings. The summed E-state index contributed by atoms with van der Waals surface area (Å²) in [6, 6.07) is 1.86. The third-order valence-electron chi connectivity index (χ3n) is 1.95. The van der Waals surface area contributed by atoms with Crippen LogP contribution >= 0.6 is 0 Å². The maximum atomic E-state index is 8.81. The van der Waals surface area contributed by atoms with E-state index in [0.29, 0.717) is 17.1 Å². The van der Waals surface area contributed by atoms with Gasteiger partial charge in [0, 0.05) is 18.0 Å². The van der Waals surface area contributed by atoms with Crippen LogP contribution in [0.2, 0.25) is 0 Å². The molecule has 0 unspecified atom stereocenters. The Morgan fingerprint density at radius 1 is 1.36 bits per heavy atom. The summed E-state index contributed by atoms with van der Waals surface area (Å²) in [5.41, 5.74) is 1.69. The first-order chi connectivity index (χ1) is 6.81. The van der Waals surface area contributed by atoms with Gasteiger partial charge in [0.05, 0.1) is 12.9 Å². The highest BCUT2D eigenvalue weighted by Gasteiger charge is 2.07. The highest BCUT2D eigenvalue weighted by atomic mass is 16.3. The molecule has 4 heteroatoms. The van der Waals surface area contributed by atoms with Gasteiger partial charge in [-0.15, -0.1) is 0 Å². The van der Waals surface area contributed by atoms with Crippen molar-refractivity contribution in [1.29, 1.82) is 0 Å². The molecule has 0 radical (unpaired) electrons. The van der Waals surface area contributed by atoms with E-state index in [1.807, 2.05) is 13.0 Å². The van der Waals surface area contributed by atoms with Crippen molar-refractivity contribution in [1.82, 2.24) is 9.97 Å². The van der Waals surface area contributed by atoms with Gasteiger partial charge in [-0.3, -0.25) is 0 Å². The zero-order valence-electron chi connectivity index (χ0n) is 7.77. The largest absolute Gasteiger partial charge is 0.461 e. The smallest absolute Gasteiger partial charge is 0.195 e. The van der Waals surface area contributed by atoms with Gasteiger partial charge in [0.1, 0.15) is 0 Å². The lowest BCUT2D eigenvalue weighted by atomic mass is 10.2. The average molecular weight is 190 g/mol. The number of hydrogen-bond donors (Lipinski definition) is 1. The van der Waals surface area contributed by atoms with E-state index >= 15 is 0 Å². The van der Waals surface area contributed by atoms with Crippen molar-refractivity contribution in [2.24, 2.45) is 0 Å². The lowest BCUT2D eigenvalue weighted by molar-refractivity contribution is 0.281. The summed E-state index contributed by atoms with van der Waals surface area (Å²) in [7, 11) is 0. The van der Waals surface area contributed by atoms with Crippen LogP contribution in [0, 0.1) is 6.92 Å². The highest BCUT2D eigenvalue weighted by Crippen LogP contribution is 2.19. The molecule has 0 bridgehead atoms. The van der Waals surface area contributed by atoms with Crippen molar-refractivity contribution < 1.29 is 9.52 Å². The molecule has 2 rings (SSSR count). The molecule has 14 heavy (non-hydrogen) atoms. The van der Waals surface area contributed by atoms with Crippen LogP contribution in [0.4, 0.5) is 0 Å². The molecule has 1 N–H and O–H groups in total. The summed E-state index contributed by atoms with van der Waals surface area (Å²) in [6.45, 7) is 1.89. The van der Waals surface area contributed by atoms with E-state index in [1.165, 1.54) is 0 Å². The maximum Gasteiger partial charge on any atom is 0.195 e. The average Bonchev–Trinajstić information content (AvgIpc) is 2.65. The van der Waals surface area contributed by atoms with Crippen molar-refractivity contribution in [2.75, 3.05) is 0 Å². The molecule has 0 spiro atoms. The second-order valence-corrected chi connectivity index (χ2v) is 3.01. The molecule has 0 aliphatic heterocycles. The molecule has 2 heterocycles. The van der Waals surface area contributed by atoms with Crippen LogP contribution in [0.25, 0.3) is 11.6 Å². The standard InChI is InChI=1S/C10H10N2O2/c1-7-2-3-14-9(7)10-11-4-8(6-13)5-12-10/h2-5,13H,6H2,1H3. The summed E-state index contributed by atoms with van der Waals surface area (Å²) in [6.07, 6.45) is 4.78. The van der Waals surface area contributed by atoms with Crippen molar-refractivity contribution in [3.63, 3.8) is 0 Å². The minimum absolute atomic E-state index is 0.0442. The highest BCUT2D eigenvalue weighted by molar-refractivity contribution is 5.51. The topological polar surface area (TPSA) is 59.2 Å². The van der Waals surface area contributed by atoms with Crippen LogP contribution in [0.15, 0.2) is 29.1 Å². The van der Waals surface area contributed by atoms with E-state index in [1.54, 1.807) is 18.7 Å². The molecular weight excluding hydrogens is 180 g/mol. The van der Waals surface area contributed by atoms with Gasteiger partial charge in [-0.1, -0.05) is 0 Å². The van der Waals surface area contributed by atoms with Crippen molar-refractivity contribution in [2.45, 2.75) is 13.5 Å². The minimum Gasteiger partial charge on any atom is -0.461 e. The third kappa shape index (κ3) is 1.52. The fraction of sp³-hybridized carbons (Fsp3) is 0.200. The van der Waals surface area contributed by atoms with Gasteiger partial charge in [-0.05, 0) is 18.6 Å². The van der Waals surface area contributed by atoms with Gasteiger partial charge in [0.2, 0.25) is 0 Å². The van der Waals surface area contributed by atoms with Crippen LogP contribution < -0.4 is 0 Å². The molecule has 0 amide bonds. The Bertz CT molecular complexity index is 420. The van der Waals surface area contributed by atoms with Crippen LogP contribution in [0.3, 0.4) is 0 Å². The molecule has 4 nitrogen and oxygen atoms in total. The number of aromatic nitrogens is 2. The fourth-order valence-corrected chi connectivity index (χ4v) is 1.16. The Balaban J connectivity index is 2.39. The molecule has 0 aromatic carbocycles. The first-order valence-corrected chi connectivity index (χ1v) is 4.27. The normalized spacial score (nSPS) is 10.4. The molecule has 0 aliphatic rings. The van der Waals surface area contributed by atoms with Crippen LogP contribution in [0.1, 0.15) is 11.1 Å². The SMILES string of the molecule is Cc1ccoc1-c1ncc(CO)cn1. The third-order valence-corrected chi connectivity index (χ3v) is 1.95. The Kier molecular flexibility index (Phi) is 2.28. The van der Waals surface area contributed by atoms with Gasteiger partial charge in [-0.2, -0.15) is 0 Å². The summed E-state index contributed by atoms with van der Waals surface area (Å²) in [5.74, 6) is 1.22. The number of aliphatic hydroxyl groups excluding tert-OH is 1. The van der Waals surface area contributed by atoms with E-state index in [0.717, 1.165) is 5.56 Å². The Hall–Kier alpha value is -1.68. The number of aryl methyl sites for hydroxylation is 1. The number of aliphatic hydroxyl groups is 1. The molecule has 2 aromatic heterocycles. The van der Waals surface area contributed by atoms with Gasteiger partial charge < -0.3 is 9.52 Å². The summed E-state index contributed by atoms with van der Waals surface area (Å²) in [5, 5.41) is 8.81. The van der Waals surface area contributed by atoms with Crippen LogP contribution in [-0.2, 0) is 6.61 Å². The van der Waals surface area contributed by atoms with Crippen molar-refractivity contribution in [3.8, 4) is 11.6 Å². The monoisotopic (exact) mass is 190 g/mol. The number of hydrogen-bond acceptors (Lipinski definition) is 4. The Labute approximate surface area is 81.2 Å². The summed E-state index contributed by atoms with van der Waals surface area (Å²) >= 11 is 0. The van der Waals surface area contributed by atoms with Gasteiger partial charge in [-0.25, -0.2) is 9.97 Å². The van der Waals surface area contributed by atoms with E-state index in [9.17, 15) is 0 Å². The molecule has 0 saturated carbocycles. The quantitative estimate of drug-likeness (QED) is 0.780. The molecule has 0 atom stereocenters. The molecule has 0 aliphatic carbocycles. The Morgan fingerprint density at radius 2 is 2.07 bits per heavy atom. The fourth-order valence-electron chi connectivity index (χ4n) is 1.16. The first kappa shape index (κ1) is 8.90. The van der Waals surface area contributed by atoms with Gasteiger partial charge in [0.25, 0.3) is 0 Å². The van der Waals surface area contributed by atoms with Crippen LogP contribution in [-0.4, -0.2) is 15.1 Å². The lowest BCUT2D eigenvalue weighted by Gasteiger charge is -1.98.